The van der Waals surface area contributed by atoms with Gasteiger partial charge in [0.2, 0.25) is 0 Å². The van der Waals surface area contributed by atoms with Crippen LogP contribution in [0, 0.1) is 0 Å². The summed E-state index contributed by atoms with van der Waals surface area (Å²) in [6.07, 6.45) is 5.12. The first-order valence-electron chi connectivity index (χ1n) is 8.36. The minimum absolute atomic E-state index is 0.353. The smallest absolute Gasteiger partial charge is 0.335 e. The van der Waals surface area contributed by atoms with Crippen LogP contribution in [0.3, 0.4) is 0 Å². The van der Waals surface area contributed by atoms with E-state index in [0.29, 0.717) is 5.56 Å². The normalized spacial score (nSPS) is 15.0. The van der Waals surface area contributed by atoms with Crippen molar-refractivity contribution >= 4 is 11.5 Å². The van der Waals surface area contributed by atoms with Gasteiger partial charge in [-0.3, -0.25) is 0 Å². The predicted molar refractivity (Wildman–Crippen MR) is 97.5 cm³/mol. The summed E-state index contributed by atoms with van der Waals surface area (Å²) in [6.45, 7) is 0.972. The lowest BCUT2D eigenvalue weighted by atomic mass is 9.92. The first-order valence-corrected chi connectivity index (χ1v) is 8.36. The van der Waals surface area contributed by atoms with Crippen LogP contribution in [0.5, 0.6) is 0 Å². The van der Waals surface area contributed by atoms with Gasteiger partial charge in [-0.15, -0.1) is 0 Å². The fourth-order valence-electron chi connectivity index (χ4n) is 3.28. The maximum Gasteiger partial charge on any atom is 0.335 e. The van der Waals surface area contributed by atoms with Gasteiger partial charge in [0.25, 0.3) is 0 Å². The average Bonchev–Trinajstić information content (AvgIpc) is 2.71. The fourth-order valence-corrected chi connectivity index (χ4v) is 3.28. The number of aryl methyl sites for hydroxylation is 2. The lowest BCUT2D eigenvalue weighted by molar-refractivity contribution is 0.0697. The second-order valence-corrected chi connectivity index (χ2v) is 6.54. The molecule has 24 heavy (non-hydrogen) atoms. The first-order chi connectivity index (χ1) is 11.6. The number of hydrogen-bond donors (Lipinski definition) is 1. The molecule has 3 nitrogen and oxygen atoms in total. The van der Waals surface area contributed by atoms with Crippen molar-refractivity contribution in [1.82, 2.24) is 4.90 Å². The van der Waals surface area contributed by atoms with E-state index < -0.39 is 5.97 Å². The van der Waals surface area contributed by atoms with Crippen LogP contribution in [0.15, 0.2) is 48.5 Å². The molecule has 0 bridgehead atoms. The second kappa shape index (κ2) is 7.02. The van der Waals surface area contributed by atoms with E-state index in [1.165, 1.54) is 22.3 Å². The molecule has 1 aliphatic rings. The summed E-state index contributed by atoms with van der Waals surface area (Å²) in [6, 6.07) is 14.0. The largest absolute Gasteiger partial charge is 0.478 e. The molecule has 0 aliphatic heterocycles. The van der Waals surface area contributed by atoms with Gasteiger partial charge in [0.1, 0.15) is 0 Å². The van der Waals surface area contributed by atoms with Gasteiger partial charge in [0.15, 0.2) is 0 Å². The van der Waals surface area contributed by atoms with Crippen LogP contribution in [0.4, 0.5) is 0 Å². The van der Waals surface area contributed by atoms with E-state index in [2.05, 4.69) is 49.3 Å². The summed E-state index contributed by atoms with van der Waals surface area (Å²) in [5.41, 5.74) is 6.39. The van der Waals surface area contributed by atoms with E-state index in [4.69, 9.17) is 0 Å². The summed E-state index contributed by atoms with van der Waals surface area (Å²) in [4.78, 5) is 13.6. The molecule has 0 fully saturated rings. The van der Waals surface area contributed by atoms with Crippen molar-refractivity contribution in [2.45, 2.75) is 19.3 Å². The maximum atomic E-state index is 11.4. The van der Waals surface area contributed by atoms with Crippen molar-refractivity contribution in [3.63, 3.8) is 0 Å². The highest BCUT2D eigenvalue weighted by Gasteiger charge is 2.19. The molecule has 1 aliphatic carbocycles. The Morgan fingerprint density at radius 2 is 1.79 bits per heavy atom. The third-order valence-corrected chi connectivity index (χ3v) is 4.54. The molecule has 0 radical (unpaired) electrons. The summed E-state index contributed by atoms with van der Waals surface area (Å²) < 4.78 is 0. The van der Waals surface area contributed by atoms with E-state index in [1.54, 1.807) is 6.07 Å². The number of nitrogens with zero attached hydrogens (tertiary/aromatic N) is 1. The second-order valence-electron chi connectivity index (χ2n) is 6.54. The van der Waals surface area contributed by atoms with Crippen molar-refractivity contribution in [3.8, 4) is 0 Å². The van der Waals surface area contributed by atoms with Crippen LogP contribution in [-0.2, 0) is 12.8 Å². The predicted octanol–water partition coefficient (Wildman–Crippen LogP) is 3.87. The zero-order chi connectivity index (χ0) is 17.1. The first kappa shape index (κ1) is 16.5. The van der Waals surface area contributed by atoms with Gasteiger partial charge >= 0.3 is 5.97 Å². The molecule has 0 saturated heterocycles. The van der Waals surface area contributed by atoms with E-state index in [1.807, 2.05) is 12.1 Å². The number of rotatable bonds is 4. The van der Waals surface area contributed by atoms with Gasteiger partial charge < -0.3 is 10.0 Å². The van der Waals surface area contributed by atoms with Crippen molar-refractivity contribution in [2.75, 3.05) is 20.6 Å². The van der Waals surface area contributed by atoms with E-state index in [-0.39, 0.29) is 0 Å². The summed E-state index contributed by atoms with van der Waals surface area (Å²) in [7, 11) is 4.13. The minimum Gasteiger partial charge on any atom is -0.478 e. The van der Waals surface area contributed by atoms with Gasteiger partial charge in [0.05, 0.1) is 5.56 Å². The number of hydrogen-bond acceptors (Lipinski definition) is 2. The lowest BCUT2D eigenvalue weighted by Gasteiger charge is -2.14. The van der Waals surface area contributed by atoms with Crippen LogP contribution >= 0.6 is 0 Å². The number of benzene rings is 2. The maximum absolute atomic E-state index is 11.4. The van der Waals surface area contributed by atoms with E-state index >= 15 is 0 Å². The Hall–Kier alpha value is -2.39. The number of carboxylic acids is 1. The number of carbonyl (C=O) groups is 1. The highest BCUT2D eigenvalue weighted by Crippen LogP contribution is 2.34. The molecule has 0 unspecified atom stereocenters. The molecular formula is C21H23NO2. The summed E-state index contributed by atoms with van der Waals surface area (Å²) >= 11 is 0. The SMILES string of the molecule is CN(C)CC/C=C1\c2ccccc2CCc2ccc(C(=O)O)cc21. The molecule has 3 heteroatoms. The summed E-state index contributed by atoms with van der Waals surface area (Å²) in [5, 5.41) is 9.36. The quantitative estimate of drug-likeness (QED) is 0.929. The van der Waals surface area contributed by atoms with Crippen molar-refractivity contribution in [2.24, 2.45) is 0 Å². The van der Waals surface area contributed by atoms with Gasteiger partial charge in [-0.1, -0.05) is 36.4 Å². The minimum atomic E-state index is -0.872. The Labute approximate surface area is 143 Å². The van der Waals surface area contributed by atoms with E-state index in [9.17, 15) is 9.90 Å². The van der Waals surface area contributed by atoms with Crippen LogP contribution < -0.4 is 0 Å². The highest BCUT2D eigenvalue weighted by molar-refractivity contribution is 5.91. The van der Waals surface area contributed by atoms with Crippen LogP contribution in [0.2, 0.25) is 0 Å². The third kappa shape index (κ3) is 3.41. The zero-order valence-electron chi connectivity index (χ0n) is 14.2. The molecule has 0 saturated carbocycles. The number of aromatic carboxylic acids is 1. The fraction of sp³-hybridized carbons (Fsp3) is 0.286. The molecule has 0 amide bonds. The molecule has 0 spiro atoms. The average molecular weight is 321 g/mol. The van der Waals surface area contributed by atoms with Crippen molar-refractivity contribution in [1.29, 1.82) is 0 Å². The topological polar surface area (TPSA) is 40.5 Å². The van der Waals surface area contributed by atoms with Crippen molar-refractivity contribution in [3.05, 3.63) is 76.4 Å². The van der Waals surface area contributed by atoms with Crippen LogP contribution in [0.25, 0.3) is 5.57 Å². The molecular weight excluding hydrogens is 298 g/mol. The van der Waals surface area contributed by atoms with Gasteiger partial charge in [-0.05, 0) is 73.3 Å². The Morgan fingerprint density at radius 1 is 1.08 bits per heavy atom. The third-order valence-electron chi connectivity index (χ3n) is 4.54. The summed E-state index contributed by atoms with van der Waals surface area (Å²) in [5.74, 6) is -0.872. The molecule has 2 aromatic carbocycles. The molecule has 0 heterocycles. The van der Waals surface area contributed by atoms with Gasteiger partial charge in [0, 0.05) is 6.54 Å². The Kier molecular flexibility index (Phi) is 4.81. The Morgan fingerprint density at radius 3 is 2.50 bits per heavy atom. The number of fused-ring (bicyclic) bond motifs is 2. The standard InChI is InChI=1S/C21H23NO2/c1-22(2)13-5-8-19-18-7-4-3-6-15(18)9-10-16-11-12-17(21(23)24)14-20(16)19/h3-4,6-8,11-12,14H,5,9-10,13H2,1-2H3,(H,23,24)/b19-8+. The van der Waals surface area contributed by atoms with Gasteiger partial charge in [-0.2, -0.15) is 0 Å². The van der Waals surface area contributed by atoms with Gasteiger partial charge in [-0.25, -0.2) is 4.79 Å². The molecule has 0 atom stereocenters. The lowest BCUT2D eigenvalue weighted by Crippen LogP contribution is -2.12. The molecule has 3 rings (SSSR count). The van der Waals surface area contributed by atoms with Crippen LogP contribution in [0.1, 0.15) is 39.0 Å². The Balaban J connectivity index is 2.13. The monoisotopic (exact) mass is 321 g/mol. The Bertz CT molecular complexity index is 790. The van der Waals surface area contributed by atoms with Crippen LogP contribution in [-0.4, -0.2) is 36.6 Å². The molecule has 2 aromatic rings. The molecule has 1 N–H and O–H groups in total. The highest BCUT2D eigenvalue weighted by atomic mass is 16.4. The zero-order valence-corrected chi connectivity index (χ0v) is 14.2. The molecule has 124 valence electrons. The van der Waals surface area contributed by atoms with Crippen molar-refractivity contribution < 1.29 is 9.90 Å². The molecule has 0 aromatic heterocycles. The number of carboxylic acid groups (broad SMARTS) is 1. The van der Waals surface area contributed by atoms with E-state index in [0.717, 1.165) is 31.4 Å².